The SMILES string of the molecule is CCCCCCCCCCCCCCCC(=O)N[C@H]1C[C@@H](C(=O)NCCN(C)C)N(C(=O)OC(C)(C)C)C1. The van der Waals surface area contributed by atoms with Gasteiger partial charge in [0, 0.05) is 32.1 Å². The molecule has 1 saturated heterocycles. The van der Waals surface area contributed by atoms with E-state index in [9.17, 15) is 14.4 Å². The van der Waals surface area contributed by atoms with E-state index in [2.05, 4.69) is 17.6 Å². The Balaban J connectivity index is 2.32. The lowest BCUT2D eigenvalue weighted by Gasteiger charge is -2.28. The van der Waals surface area contributed by atoms with E-state index in [1.54, 1.807) is 0 Å². The molecule has 1 heterocycles. The molecule has 2 atom stereocenters. The van der Waals surface area contributed by atoms with Gasteiger partial charge in [0.05, 0.1) is 0 Å². The topological polar surface area (TPSA) is 91.0 Å². The maximum Gasteiger partial charge on any atom is 0.411 e. The highest BCUT2D eigenvalue weighted by Crippen LogP contribution is 2.22. The molecule has 1 rings (SSSR count). The highest BCUT2D eigenvalue weighted by molar-refractivity contribution is 5.87. The van der Waals surface area contributed by atoms with E-state index in [-0.39, 0.29) is 24.4 Å². The number of carbonyl (C=O) groups is 3. The average molecular weight is 539 g/mol. The van der Waals surface area contributed by atoms with Crippen molar-refractivity contribution >= 4 is 17.9 Å². The predicted octanol–water partition coefficient (Wildman–Crippen LogP) is 5.64. The number of hydrogen-bond acceptors (Lipinski definition) is 5. The van der Waals surface area contributed by atoms with E-state index in [1.807, 2.05) is 39.8 Å². The summed E-state index contributed by atoms with van der Waals surface area (Å²) in [4.78, 5) is 41.7. The molecule has 0 bridgehead atoms. The Morgan fingerprint density at radius 3 is 1.89 bits per heavy atom. The van der Waals surface area contributed by atoms with Gasteiger partial charge in [-0.25, -0.2) is 4.79 Å². The van der Waals surface area contributed by atoms with Gasteiger partial charge in [0.1, 0.15) is 11.6 Å². The third-order valence-electron chi connectivity index (χ3n) is 6.96. The Bertz CT molecular complexity index is 678. The van der Waals surface area contributed by atoms with Crippen LogP contribution in [0.4, 0.5) is 4.79 Å². The fourth-order valence-electron chi connectivity index (χ4n) is 4.84. The zero-order valence-electron chi connectivity index (χ0n) is 25.4. The summed E-state index contributed by atoms with van der Waals surface area (Å²) >= 11 is 0. The Labute approximate surface area is 233 Å². The second-order valence-electron chi connectivity index (χ2n) is 12.2. The van der Waals surface area contributed by atoms with Crippen LogP contribution in [0, 0.1) is 0 Å². The van der Waals surface area contributed by atoms with Crippen molar-refractivity contribution in [3.63, 3.8) is 0 Å². The molecule has 38 heavy (non-hydrogen) atoms. The van der Waals surface area contributed by atoms with Gasteiger partial charge in [-0.3, -0.25) is 14.5 Å². The number of nitrogens with one attached hydrogen (secondary N) is 2. The molecule has 1 aliphatic rings. The largest absolute Gasteiger partial charge is 0.444 e. The van der Waals surface area contributed by atoms with E-state index >= 15 is 0 Å². The van der Waals surface area contributed by atoms with Crippen LogP contribution in [0.25, 0.3) is 0 Å². The quantitative estimate of drug-likeness (QED) is 0.208. The summed E-state index contributed by atoms with van der Waals surface area (Å²) in [5.41, 5.74) is -0.654. The molecule has 3 amide bonds. The van der Waals surface area contributed by atoms with E-state index in [0.29, 0.717) is 25.9 Å². The molecule has 0 spiro atoms. The lowest BCUT2D eigenvalue weighted by molar-refractivity contribution is -0.125. The van der Waals surface area contributed by atoms with Crippen molar-refractivity contribution < 1.29 is 19.1 Å². The first-order valence-corrected chi connectivity index (χ1v) is 15.2. The Kier molecular flexibility index (Phi) is 17.3. The van der Waals surface area contributed by atoms with Crippen molar-refractivity contribution in [3.05, 3.63) is 0 Å². The minimum atomic E-state index is -0.654. The van der Waals surface area contributed by atoms with Crippen LogP contribution in [-0.4, -0.2) is 79.1 Å². The van der Waals surface area contributed by atoms with Crippen LogP contribution in [0.1, 0.15) is 124 Å². The van der Waals surface area contributed by atoms with E-state index in [0.717, 1.165) is 12.8 Å². The predicted molar refractivity (Wildman–Crippen MR) is 155 cm³/mol. The van der Waals surface area contributed by atoms with E-state index in [4.69, 9.17) is 4.74 Å². The maximum absolute atomic E-state index is 12.9. The molecule has 0 radical (unpaired) electrons. The monoisotopic (exact) mass is 538 g/mol. The number of hydrogen-bond donors (Lipinski definition) is 2. The molecule has 2 N–H and O–H groups in total. The summed E-state index contributed by atoms with van der Waals surface area (Å²) in [7, 11) is 3.88. The van der Waals surface area contributed by atoms with E-state index in [1.165, 1.54) is 75.5 Å². The molecule has 1 fully saturated rings. The molecular formula is C30H58N4O4. The first-order chi connectivity index (χ1) is 18.0. The lowest BCUT2D eigenvalue weighted by atomic mass is 10.0. The molecule has 0 saturated carbocycles. The van der Waals surface area contributed by atoms with E-state index < -0.39 is 17.7 Å². The number of carbonyl (C=O) groups excluding carboxylic acids is 3. The van der Waals surface area contributed by atoms with Crippen molar-refractivity contribution in [2.75, 3.05) is 33.7 Å². The average Bonchev–Trinajstić information content (AvgIpc) is 3.24. The van der Waals surface area contributed by atoms with Gasteiger partial charge >= 0.3 is 6.09 Å². The van der Waals surface area contributed by atoms with Crippen LogP contribution in [0.2, 0.25) is 0 Å². The molecule has 222 valence electrons. The highest BCUT2D eigenvalue weighted by atomic mass is 16.6. The van der Waals surface area contributed by atoms with Crippen LogP contribution in [-0.2, 0) is 14.3 Å². The fourth-order valence-corrected chi connectivity index (χ4v) is 4.84. The number of likely N-dealkylation sites (N-methyl/N-ethyl adjacent to an activating group) is 1. The molecule has 0 aromatic rings. The number of ether oxygens (including phenoxy) is 1. The van der Waals surface area contributed by atoms with Crippen molar-refractivity contribution in [3.8, 4) is 0 Å². The lowest BCUT2D eigenvalue weighted by Crippen LogP contribution is -2.48. The number of rotatable bonds is 19. The summed E-state index contributed by atoms with van der Waals surface area (Å²) in [5.74, 6) is -0.207. The van der Waals surface area contributed by atoms with Gasteiger partial charge < -0.3 is 20.3 Å². The van der Waals surface area contributed by atoms with Crippen LogP contribution in [0.15, 0.2) is 0 Å². The van der Waals surface area contributed by atoms with Gasteiger partial charge in [-0.2, -0.15) is 0 Å². The van der Waals surface area contributed by atoms with Gasteiger partial charge in [0.25, 0.3) is 0 Å². The molecule has 0 aromatic heterocycles. The molecule has 8 heteroatoms. The van der Waals surface area contributed by atoms with Gasteiger partial charge in [-0.05, 0) is 47.7 Å². The normalized spacial score (nSPS) is 17.6. The fraction of sp³-hybridized carbons (Fsp3) is 0.900. The zero-order chi connectivity index (χ0) is 28.4. The van der Waals surface area contributed by atoms with Gasteiger partial charge in [-0.15, -0.1) is 0 Å². The van der Waals surface area contributed by atoms with Crippen LogP contribution in [0.3, 0.4) is 0 Å². The Hall–Kier alpha value is -1.83. The van der Waals surface area contributed by atoms with Crippen LogP contribution >= 0.6 is 0 Å². The third kappa shape index (κ3) is 16.2. The molecular weight excluding hydrogens is 480 g/mol. The smallest absolute Gasteiger partial charge is 0.411 e. The number of amides is 3. The van der Waals surface area contributed by atoms with Crippen LogP contribution < -0.4 is 10.6 Å². The Morgan fingerprint density at radius 1 is 0.868 bits per heavy atom. The highest BCUT2D eigenvalue weighted by Gasteiger charge is 2.41. The second-order valence-corrected chi connectivity index (χ2v) is 12.2. The van der Waals surface area contributed by atoms with Crippen LogP contribution in [0.5, 0.6) is 0 Å². The summed E-state index contributed by atoms with van der Waals surface area (Å²) in [6, 6.07) is -0.893. The minimum Gasteiger partial charge on any atom is -0.444 e. The Morgan fingerprint density at radius 2 is 1.39 bits per heavy atom. The first-order valence-electron chi connectivity index (χ1n) is 15.2. The number of likely N-dealkylation sites (tertiary alicyclic amines) is 1. The number of unbranched alkanes of at least 4 members (excludes halogenated alkanes) is 12. The van der Waals surface area contributed by atoms with Crippen molar-refractivity contribution in [1.29, 1.82) is 0 Å². The molecule has 1 aliphatic heterocycles. The second kappa shape index (κ2) is 19.3. The molecule has 8 nitrogen and oxygen atoms in total. The first kappa shape index (κ1) is 34.2. The van der Waals surface area contributed by atoms with Gasteiger partial charge in [-0.1, -0.05) is 84.0 Å². The van der Waals surface area contributed by atoms with Gasteiger partial charge in [0.2, 0.25) is 11.8 Å². The summed E-state index contributed by atoms with van der Waals surface area (Å²) in [6.07, 6.45) is 16.9. The molecule has 0 aliphatic carbocycles. The molecule has 0 unspecified atom stereocenters. The maximum atomic E-state index is 12.9. The van der Waals surface area contributed by atoms with Crippen molar-refractivity contribution in [2.45, 2.75) is 142 Å². The third-order valence-corrected chi connectivity index (χ3v) is 6.96. The van der Waals surface area contributed by atoms with Crippen molar-refractivity contribution in [2.24, 2.45) is 0 Å². The number of nitrogens with zero attached hydrogens (tertiary/aromatic N) is 2. The van der Waals surface area contributed by atoms with Crippen molar-refractivity contribution in [1.82, 2.24) is 20.4 Å². The summed E-state index contributed by atoms with van der Waals surface area (Å²) in [5, 5.41) is 5.97. The molecule has 0 aromatic carbocycles. The summed E-state index contributed by atoms with van der Waals surface area (Å²) in [6.45, 7) is 9.18. The minimum absolute atomic E-state index is 0.00382. The van der Waals surface area contributed by atoms with Gasteiger partial charge in [0.15, 0.2) is 0 Å². The standard InChI is InChI=1S/C30H58N4O4/c1-7-8-9-10-11-12-13-14-15-16-17-18-19-20-27(35)32-25-23-26(28(36)31-21-22-33(5)6)34(24-25)29(37)38-30(2,3)4/h25-26H,7-24H2,1-6H3,(H,31,36)(H,32,35)/t25-,26-/m0/s1. The summed E-state index contributed by atoms with van der Waals surface area (Å²) < 4.78 is 5.54. The zero-order valence-corrected chi connectivity index (χ0v) is 25.4.